The van der Waals surface area contributed by atoms with Crippen LogP contribution in [0.15, 0.2) is 65.6 Å². The maximum atomic E-state index is 14.2. The minimum Gasteiger partial charge on any atom is -0.497 e. The second-order valence-corrected chi connectivity index (χ2v) is 13.0. The normalized spacial score (nSPS) is 17.5. The fourth-order valence-corrected chi connectivity index (χ4v) is 6.15. The first-order valence-corrected chi connectivity index (χ1v) is 14.8. The molecule has 4 rings (SSSR count). The van der Waals surface area contributed by atoms with E-state index < -0.39 is 35.0 Å². The molecule has 2 atom stereocenters. The summed E-state index contributed by atoms with van der Waals surface area (Å²) in [6.45, 7) is 16.1. The lowest BCUT2D eigenvalue weighted by molar-refractivity contribution is -0.139. The fourth-order valence-electron chi connectivity index (χ4n) is 6.15. The van der Waals surface area contributed by atoms with Crippen LogP contribution in [0.3, 0.4) is 0 Å². The molecule has 2 aromatic carbocycles. The Morgan fingerprint density at radius 3 is 2.14 bits per heavy atom. The van der Waals surface area contributed by atoms with Gasteiger partial charge in [-0.3, -0.25) is 9.59 Å². The van der Waals surface area contributed by atoms with Crippen LogP contribution in [-0.4, -0.2) is 35.3 Å². The van der Waals surface area contributed by atoms with Crippen LogP contribution in [0.5, 0.6) is 5.75 Å². The Morgan fingerprint density at radius 1 is 0.932 bits per heavy atom. The largest absolute Gasteiger partial charge is 0.497 e. The minimum atomic E-state index is -0.778. The van der Waals surface area contributed by atoms with Crippen molar-refractivity contribution in [2.24, 2.45) is 5.41 Å². The van der Waals surface area contributed by atoms with E-state index in [-0.39, 0.29) is 12.3 Å². The first kappa shape index (κ1) is 32.6. The van der Waals surface area contributed by atoms with E-state index >= 15 is 0 Å². The predicted octanol–water partition coefficient (Wildman–Crippen LogP) is 8.49. The van der Waals surface area contributed by atoms with Crippen molar-refractivity contribution in [2.45, 2.75) is 86.2 Å². The van der Waals surface area contributed by atoms with E-state index in [1.165, 1.54) is 13.8 Å². The number of benzene rings is 2. The average Bonchev–Trinajstić information content (AvgIpc) is 3.19. The van der Waals surface area contributed by atoms with Gasteiger partial charge in [-0.2, -0.15) is 0 Å². The number of hydrogen-bond donors (Lipinski definition) is 0. The summed E-state index contributed by atoms with van der Waals surface area (Å²) in [5.41, 5.74) is 2.25. The van der Waals surface area contributed by atoms with Crippen LogP contribution in [0.25, 0.3) is 17.0 Å². The van der Waals surface area contributed by atoms with E-state index in [1.807, 2.05) is 97.0 Å². The van der Waals surface area contributed by atoms with Gasteiger partial charge in [-0.15, -0.1) is 0 Å². The summed E-state index contributed by atoms with van der Waals surface area (Å²) in [5.74, 6) is -0.108. The highest BCUT2D eigenvalue weighted by molar-refractivity contribution is 5.99. The fraction of sp³-hybridized carbons (Fsp3) is 0.417. The van der Waals surface area contributed by atoms with Gasteiger partial charge in [0.1, 0.15) is 22.9 Å². The van der Waals surface area contributed by atoms with Gasteiger partial charge in [-0.05, 0) is 64.0 Å². The third-order valence-corrected chi connectivity index (χ3v) is 7.91. The second-order valence-electron chi connectivity index (χ2n) is 13.0. The Morgan fingerprint density at radius 2 is 1.59 bits per heavy atom. The van der Waals surface area contributed by atoms with Gasteiger partial charge < -0.3 is 18.9 Å². The zero-order valence-corrected chi connectivity index (χ0v) is 27.4. The summed E-state index contributed by atoms with van der Waals surface area (Å²) >= 11 is 0. The van der Waals surface area contributed by atoms with Gasteiger partial charge in [0.05, 0.1) is 12.6 Å². The van der Waals surface area contributed by atoms with E-state index in [0.717, 1.165) is 22.1 Å². The van der Waals surface area contributed by atoms with E-state index in [1.54, 1.807) is 17.7 Å². The molecular formula is C36H43NO7. The molecule has 1 aromatic heterocycles. The monoisotopic (exact) mass is 601 g/mol. The Kier molecular flexibility index (Phi) is 9.14. The van der Waals surface area contributed by atoms with Crippen molar-refractivity contribution in [3.8, 4) is 5.75 Å². The van der Waals surface area contributed by atoms with Crippen molar-refractivity contribution >= 4 is 35.0 Å². The highest BCUT2D eigenvalue weighted by atomic mass is 16.6. The summed E-state index contributed by atoms with van der Waals surface area (Å²) in [5, 5.41) is 0.761. The van der Waals surface area contributed by atoms with E-state index in [9.17, 15) is 14.4 Å². The van der Waals surface area contributed by atoms with Crippen LogP contribution in [0.4, 0.5) is 4.79 Å². The molecule has 0 radical (unpaired) electrons. The number of carbonyl (C=O) groups is 3. The molecule has 0 saturated carbocycles. The smallest absolute Gasteiger partial charge is 0.419 e. The summed E-state index contributed by atoms with van der Waals surface area (Å²) in [6, 6.07) is 15.5. The van der Waals surface area contributed by atoms with Gasteiger partial charge >= 0.3 is 18.0 Å². The lowest BCUT2D eigenvalue weighted by atomic mass is 9.66. The molecule has 8 heteroatoms. The SMILES string of the molecule is COc1ccc2c3c(n(C(=O)OC(C)(C)C)c2c1)[C@H](CC(OC(C)=O)=C(C)C)[C@@H](c1ccccc1)C(C)(C)C(OC(C)=O)=C3. The Hall–Kier alpha value is -4.33. The minimum absolute atomic E-state index is 0.287. The molecule has 0 aliphatic heterocycles. The lowest BCUT2D eigenvalue weighted by Crippen LogP contribution is -2.33. The van der Waals surface area contributed by atoms with Gasteiger partial charge in [0, 0.05) is 60.2 Å². The number of methoxy groups -OCH3 is 1. The van der Waals surface area contributed by atoms with Gasteiger partial charge in [0.25, 0.3) is 0 Å². The number of nitrogens with zero attached hydrogens (tertiary/aromatic N) is 1. The van der Waals surface area contributed by atoms with Crippen LogP contribution in [0, 0.1) is 5.41 Å². The zero-order chi connectivity index (χ0) is 32.6. The highest BCUT2D eigenvalue weighted by Gasteiger charge is 2.47. The summed E-state index contributed by atoms with van der Waals surface area (Å²) < 4.78 is 25.0. The number of hydrogen-bond acceptors (Lipinski definition) is 7. The molecule has 3 aromatic rings. The van der Waals surface area contributed by atoms with Crippen molar-refractivity contribution in [3.63, 3.8) is 0 Å². The van der Waals surface area contributed by atoms with Crippen LogP contribution in [0.1, 0.15) is 97.4 Å². The molecule has 0 unspecified atom stereocenters. The molecule has 1 aliphatic rings. The third kappa shape index (κ3) is 6.59. The van der Waals surface area contributed by atoms with E-state index in [2.05, 4.69) is 0 Å². The number of rotatable bonds is 6. The molecular weight excluding hydrogens is 558 g/mol. The Balaban J connectivity index is 2.21. The number of allylic oxidation sites excluding steroid dienone is 3. The average molecular weight is 602 g/mol. The molecule has 1 heterocycles. The molecule has 0 saturated heterocycles. The molecule has 0 bridgehead atoms. The Labute approximate surface area is 259 Å². The van der Waals surface area contributed by atoms with Gasteiger partial charge in [0.2, 0.25) is 0 Å². The van der Waals surface area contributed by atoms with Crippen molar-refractivity contribution in [1.29, 1.82) is 0 Å². The van der Waals surface area contributed by atoms with Crippen molar-refractivity contribution in [2.75, 3.05) is 7.11 Å². The number of fused-ring (bicyclic) bond motifs is 3. The van der Waals surface area contributed by atoms with Gasteiger partial charge in [-0.25, -0.2) is 9.36 Å². The quantitative estimate of drug-likeness (QED) is 0.159. The molecule has 0 N–H and O–H groups in total. The molecule has 0 amide bonds. The maximum absolute atomic E-state index is 14.2. The van der Waals surface area contributed by atoms with E-state index in [0.29, 0.717) is 28.5 Å². The molecule has 0 fully saturated rings. The second kappa shape index (κ2) is 12.3. The van der Waals surface area contributed by atoms with Crippen LogP contribution < -0.4 is 4.74 Å². The first-order chi connectivity index (χ1) is 20.5. The molecule has 234 valence electrons. The number of ether oxygens (including phenoxy) is 4. The predicted molar refractivity (Wildman–Crippen MR) is 170 cm³/mol. The molecule has 8 nitrogen and oxygen atoms in total. The van der Waals surface area contributed by atoms with Crippen molar-refractivity contribution in [3.05, 3.63) is 82.4 Å². The first-order valence-electron chi connectivity index (χ1n) is 14.8. The summed E-state index contributed by atoms with van der Waals surface area (Å²) in [7, 11) is 1.57. The number of carbonyl (C=O) groups excluding carboxylic acids is 3. The standard InChI is InChI=1S/C36H43NO7/c1-21(2)30(42-22(3)38)19-28-32(24-14-12-11-13-15-24)36(8,9)31(43-23(4)39)20-27-26-17-16-25(41-10)18-29(26)37(33(27)28)34(40)44-35(5,6)7/h11-18,20,28,32H,19H2,1-10H3/t28-,32-/m1/s1. The van der Waals surface area contributed by atoms with Crippen molar-refractivity contribution in [1.82, 2.24) is 4.57 Å². The summed E-state index contributed by atoms with van der Waals surface area (Å²) in [4.78, 5) is 39.0. The van der Waals surface area contributed by atoms with Crippen LogP contribution in [0.2, 0.25) is 0 Å². The van der Waals surface area contributed by atoms with Crippen molar-refractivity contribution < 1.29 is 33.3 Å². The molecule has 0 spiro atoms. The number of esters is 2. The molecule has 1 aliphatic carbocycles. The van der Waals surface area contributed by atoms with Gasteiger partial charge in [0.15, 0.2) is 0 Å². The van der Waals surface area contributed by atoms with Gasteiger partial charge in [-0.1, -0.05) is 44.2 Å². The topological polar surface area (TPSA) is 93.1 Å². The third-order valence-electron chi connectivity index (χ3n) is 7.91. The van der Waals surface area contributed by atoms with Crippen LogP contribution >= 0.6 is 0 Å². The van der Waals surface area contributed by atoms with Crippen LogP contribution in [-0.2, 0) is 23.8 Å². The van der Waals surface area contributed by atoms with E-state index in [4.69, 9.17) is 18.9 Å². The Bertz CT molecular complexity index is 1650. The number of aromatic nitrogens is 1. The maximum Gasteiger partial charge on any atom is 0.419 e. The summed E-state index contributed by atoms with van der Waals surface area (Å²) in [6.07, 6.45) is 1.60. The molecule has 44 heavy (non-hydrogen) atoms. The zero-order valence-electron chi connectivity index (χ0n) is 27.4. The highest BCUT2D eigenvalue weighted by Crippen LogP contribution is 2.56. The lowest BCUT2D eigenvalue weighted by Gasteiger charge is -2.40.